The monoisotopic (exact) mass is 519 g/mol. The molecule has 4 aromatic carbocycles. The molecule has 0 saturated heterocycles. The maximum atomic E-state index is 8.57. The van der Waals surface area contributed by atoms with E-state index >= 15 is 0 Å². The molecular weight excluding hydrogens is 468 g/mol. The Hall–Kier alpha value is -3.84. The molecule has 0 unspecified atom stereocenters. The molecule has 0 bridgehead atoms. The van der Waals surface area contributed by atoms with E-state index in [1.165, 1.54) is 48.7 Å². The first-order chi connectivity index (χ1) is 24.8. The van der Waals surface area contributed by atoms with Gasteiger partial charge in [0, 0.05) is 37.8 Å². The van der Waals surface area contributed by atoms with Crippen LogP contribution in [0.4, 0.5) is 0 Å². The molecule has 0 fully saturated rings. The number of fused-ring (bicyclic) bond motifs is 2. The molecule has 0 saturated carbocycles. The van der Waals surface area contributed by atoms with Gasteiger partial charge in [0.1, 0.15) is 7.05 Å². The van der Waals surface area contributed by atoms with Crippen LogP contribution in [0, 0.1) is 41.2 Å². The Morgan fingerprint density at radius 3 is 1.72 bits per heavy atom. The third-order valence-electron chi connectivity index (χ3n) is 7.97. The van der Waals surface area contributed by atoms with Crippen LogP contribution in [0.15, 0.2) is 91.1 Å². The predicted molar refractivity (Wildman–Crippen MR) is 170 cm³/mol. The van der Waals surface area contributed by atoms with E-state index in [1.807, 2.05) is 0 Å². The first-order valence-corrected chi connectivity index (χ1v) is 12.8. The third-order valence-corrected chi connectivity index (χ3v) is 7.97. The number of pyridine rings is 1. The van der Waals surface area contributed by atoms with Gasteiger partial charge < -0.3 is 0 Å². The number of benzene rings is 4. The lowest BCUT2D eigenvalue weighted by molar-refractivity contribution is -0.660. The molecule has 0 spiro atoms. The van der Waals surface area contributed by atoms with Crippen molar-refractivity contribution in [2.24, 2.45) is 7.05 Å². The van der Waals surface area contributed by atoms with E-state index in [9.17, 15) is 0 Å². The fraction of sp³-hybridized carbons (Fsp3) is 0.194. The molecular formula is C36H36B2N+. The van der Waals surface area contributed by atoms with Crippen LogP contribution in [0.1, 0.15) is 53.9 Å². The average molecular weight is 519 g/mol. The van der Waals surface area contributed by atoms with Crippen LogP contribution < -0.4 is 37.3 Å². The van der Waals surface area contributed by atoms with Crippen LogP contribution in [-0.2, 0) is 7.05 Å². The molecule has 1 aliphatic rings. The molecule has 0 atom stereocenters. The van der Waals surface area contributed by atoms with Gasteiger partial charge in [0.15, 0.2) is 6.20 Å². The van der Waals surface area contributed by atoms with E-state index in [0.29, 0.717) is 38.7 Å². The van der Waals surface area contributed by atoms with Crippen LogP contribution in [0.5, 0.6) is 0 Å². The van der Waals surface area contributed by atoms with Crippen LogP contribution in [-0.4, -0.2) is 13.4 Å². The van der Waals surface area contributed by atoms with Gasteiger partial charge in [-0.1, -0.05) is 122 Å². The van der Waals surface area contributed by atoms with Gasteiger partial charge in [-0.05, 0) is 58.9 Å². The summed E-state index contributed by atoms with van der Waals surface area (Å²) in [6.07, 6.45) is 1.50. The summed E-state index contributed by atoms with van der Waals surface area (Å²) in [5.41, 5.74) is 3.42. The van der Waals surface area contributed by atoms with Gasteiger partial charge in [-0.25, -0.2) is 4.57 Å². The fourth-order valence-electron chi connectivity index (χ4n) is 6.27. The van der Waals surface area contributed by atoms with Crippen molar-refractivity contribution >= 4 is 46.2 Å². The number of hydrogen-bond acceptors (Lipinski definition) is 0. The van der Waals surface area contributed by atoms with Gasteiger partial charge in [0.25, 0.3) is 0 Å². The number of aryl methyl sites for hydroxylation is 6. The van der Waals surface area contributed by atoms with E-state index in [4.69, 9.17) is 20.6 Å². The summed E-state index contributed by atoms with van der Waals surface area (Å²) in [6.45, 7) is -13.5. The number of rotatable bonds is 3. The molecule has 5 aromatic rings. The highest BCUT2D eigenvalue weighted by Crippen LogP contribution is 2.21. The molecule has 3 heteroatoms. The van der Waals surface area contributed by atoms with E-state index in [0.717, 1.165) is 0 Å². The first-order valence-electron chi connectivity index (χ1n) is 20.3. The van der Waals surface area contributed by atoms with Crippen LogP contribution >= 0.6 is 0 Å². The molecule has 0 amide bonds. The smallest absolute Gasteiger partial charge is 0.201 e. The van der Waals surface area contributed by atoms with Gasteiger partial charge >= 0.3 is 0 Å². The zero-order chi connectivity index (χ0) is 39.9. The lowest BCUT2D eigenvalue weighted by Gasteiger charge is -2.36. The highest BCUT2D eigenvalue weighted by molar-refractivity contribution is 7.11. The van der Waals surface area contributed by atoms with Crippen molar-refractivity contribution in [2.45, 2.75) is 41.2 Å². The van der Waals surface area contributed by atoms with Crippen molar-refractivity contribution in [1.29, 1.82) is 0 Å². The van der Waals surface area contributed by atoms with Gasteiger partial charge in [0.05, 0.1) is 0 Å². The standard InChI is InChI=1S/C36H36B2N/c1-23-18-21-33(39(7)22-23)29-19-20-32-36(28(29)6)38(35-26(4)14-11-15-27(35)5)31-17-9-8-16-30(31)37(32)34-24(2)12-10-13-25(34)3/h8-22H,1-7H3/q+1/i1D3,2D3,3D3,4D3,5D3. The van der Waals surface area contributed by atoms with Gasteiger partial charge in [-0.3, -0.25) is 0 Å². The molecule has 190 valence electrons. The molecule has 1 aromatic heterocycles. The minimum absolute atomic E-state index is 0.0622. The van der Waals surface area contributed by atoms with Crippen LogP contribution in [0.2, 0.25) is 0 Å². The van der Waals surface area contributed by atoms with Crippen molar-refractivity contribution in [3.8, 4) is 11.3 Å². The van der Waals surface area contributed by atoms with Gasteiger partial charge in [-0.15, -0.1) is 0 Å². The van der Waals surface area contributed by atoms with E-state index < -0.39 is 47.7 Å². The summed E-state index contributed by atoms with van der Waals surface area (Å²) in [5, 5.41) is 0. The molecule has 39 heavy (non-hydrogen) atoms. The zero-order valence-electron chi connectivity index (χ0n) is 36.8. The van der Waals surface area contributed by atoms with Crippen molar-refractivity contribution < 1.29 is 25.1 Å². The predicted octanol–water partition coefficient (Wildman–Crippen LogP) is 3.37. The van der Waals surface area contributed by atoms with Crippen LogP contribution in [0.3, 0.4) is 0 Å². The minimum Gasteiger partial charge on any atom is -0.201 e. The Morgan fingerprint density at radius 1 is 0.564 bits per heavy atom. The Labute approximate surface area is 255 Å². The van der Waals surface area contributed by atoms with E-state index in [1.54, 1.807) is 61.0 Å². The molecule has 1 nitrogen and oxygen atoms in total. The van der Waals surface area contributed by atoms with E-state index in [-0.39, 0.29) is 38.7 Å². The Morgan fingerprint density at radius 2 is 1.15 bits per heavy atom. The molecule has 0 aliphatic carbocycles. The molecule has 2 heterocycles. The highest BCUT2D eigenvalue weighted by atomic mass is 14.9. The zero-order valence-corrected chi connectivity index (χ0v) is 21.8. The SMILES string of the molecule is [2H]C([2H])([2H])c1ccc(-c2ccc3c(c2C)B(c2c(C([2H])([2H])[2H])cccc2C([2H])([2H])[2H])c2ccccc2B3c2c(C([2H])([2H])[2H])cccc2C([2H])([2H])[2H])[n+](C)c1. The summed E-state index contributed by atoms with van der Waals surface area (Å²) < 4.78 is 128. The van der Waals surface area contributed by atoms with Gasteiger partial charge in [-0.2, -0.15) is 0 Å². The Balaban J connectivity index is 1.82. The topological polar surface area (TPSA) is 3.88 Å². The van der Waals surface area contributed by atoms with E-state index in [2.05, 4.69) is 0 Å². The van der Waals surface area contributed by atoms with Gasteiger partial charge in [0.2, 0.25) is 19.1 Å². The largest absolute Gasteiger partial charge is 0.241 e. The number of aromatic nitrogens is 1. The summed E-state index contributed by atoms with van der Waals surface area (Å²) in [4.78, 5) is 0. The van der Waals surface area contributed by atoms with Crippen molar-refractivity contribution in [3.63, 3.8) is 0 Å². The first kappa shape index (κ1) is 13.5. The van der Waals surface area contributed by atoms with Crippen molar-refractivity contribution in [2.75, 3.05) is 0 Å². The number of nitrogens with zero attached hydrogens (tertiary/aromatic N) is 1. The second kappa shape index (κ2) is 9.72. The Kier molecular flexibility index (Phi) is 3.36. The molecule has 6 rings (SSSR count). The molecule has 0 N–H and O–H groups in total. The second-order valence-corrected chi connectivity index (χ2v) is 10.2. The maximum absolute atomic E-state index is 8.57. The van der Waals surface area contributed by atoms with Crippen LogP contribution in [0.25, 0.3) is 11.3 Å². The Bertz CT molecular complexity index is 2200. The second-order valence-electron chi connectivity index (χ2n) is 10.2. The lowest BCUT2D eigenvalue weighted by atomic mass is 9.20. The summed E-state index contributed by atoms with van der Waals surface area (Å²) in [7, 11) is 1.70. The maximum Gasteiger partial charge on any atom is 0.241 e. The number of hydrogen-bond donors (Lipinski definition) is 0. The van der Waals surface area contributed by atoms with Crippen molar-refractivity contribution in [1.82, 2.24) is 0 Å². The van der Waals surface area contributed by atoms with Crippen molar-refractivity contribution in [3.05, 3.63) is 125 Å². The average Bonchev–Trinajstić information content (AvgIpc) is 3.05. The fourth-order valence-corrected chi connectivity index (χ4v) is 6.27. The third kappa shape index (κ3) is 4.07. The highest BCUT2D eigenvalue weighted by Gasteiger charge is 2.41. The summed E-state index contributed by atoms with van der Waals surface area (Å²) in [5.74, 6) is 0. The molecule has 1 aliphatic heterocycles. The lowest BCUT2D eigenvalue weighted by Crippen LogP contribution is -2.76. The summed E-state index contributed by atoms with van der Waals surface area (Å²) in [6, 6.07) is 22.1. The quantitative estimate of drug-likeness (QED) is 0.250. The normalized spacial score (nSPS) is 19.7. The minimum atomic E-state index is -2.74. The molecule has 0 radical (unpaired) electrons. The summed E-state index contributed by atoms with van der Waals surface area (Å²) >= 11 is 0.